The van der Waals surface area contributed by atoms with Crippen molar-refractivity contribution in [1.82, 2.24) is 9.88 Å². The third-order valence-electron chi connectivity index (χ3n) is 3.25. The van der Waals surface area contributed by atoms with E-state index in [1.807, 2.05) is 0 Å². The normalized spacial score (nSPS) is 19.7. The molecule has 0 aliphatic carbocycles. The van der Waals surface area contributed by atoms with Gasteiger partial charge in [-0.25, -0.2) is 0 Å². The molecule has 1 N–H and O–H groups in total. The Kier molecular flexibility index (Phi) is 4.15. The van der Waals surface area contributed by atoms with Crippen molar-refractivity contribution in [3.63, 3.8) is 0 Å². The molecule has 1 saturated heterocycles. The van der Waals surface area contributed by atoms with Gasteiger partial charge in [-0.1, -0.05) is 0 Å². The third kappa shape index (κ3) is 2.79. The molecule has 5 nitrogen and oxygen atoms in total. The minimum Gasteiger partial charge on any atom is -0.497 e. The first kappa shape index (κ1) is 12.8. The summed E-state index contributed by atoms with van der Waals surface area (Å²) in [6, 6.07) is 3.36. The van der Waals surface area contributed by atoms with Crippen molar-refractivity contribution in [2.45, 2.75) is 12.8 Å². The van der Waals surface area contributed by atoms with Gasteiger partial charge in [0, 0.05) is 32.0 Å². The highest BCUT2D eigenvalue weighted by molar-refractivity contribution is 5.92. The number of aromatic nitrogens is 1. The molecule has 0 aromatic carbocycles. The second-order valence-corrected chi connectivity index (χ2v) is 4.52. The lowest BCUT2D eigenvalue weighted by atomic mass is 9.99. The van der Waals surface area contributed by atoms with Crippen LogP contribution in [0.25, 0.3) is 0 Å². The topological polar surface area (TPSA) is 62.7 Å². The number of likely N-dealkylation sites (tertiary alicyclic amines) is 1. The summed E-state index contributed by atoms with van der Waals surface area (Å²) < 4.78 is 5.08. The minimum atomic E-state index is -0.0907. The Bertz CT molecular complexity index is 422. The van der Waals surface area contributed by atoms with Crippen molar-refractivity contribution >= 4 is 5.91 Å². The fourth-order valence-corrected chi connectivity index (χ4v) is 2.22. The van der Waals surface area contributed by atoms with E-state index in [1.54, 1.807) is 30.3 Å². The Hall–Kier alpha value is -1.62. The van der Waals surface area contributed by atoms with Gasteiger partial charge in [0.2, 0.25) is 0 Å². The predicted molar refractivity (Wildman–Crippen MR) is 66.5 cm³/mol. The Balaban J connectivity index is 2.10. The molecular weight excluding hydrogens is 232 g/mol. The van der Waals surface area contributed by atoms with E-state index < -0.39 is 0 Å². The molecule has 2 rings (SSSR count). The van der Waals surface area contributed by atoms with Gasteiger partial charge < -0.3 is 14.7 Å². The molecule has 1 amide bonds. The van der Waals surface area contributed by atoms with Crippen molar-refractivity contribution in [1.29, 1.82) is 0 Å². The standard InChI is InChI=1S/C13H18N2O3/c1-18-11-4-5-14-12(7-11)13(17)15-6-2-3-10(8-15)9-16/h4-5,7,10,16H,2-3,6,8-9H2,1H3. The van der Waals surface area contributed by atoms with Gasteiger partial charge in [-0.2, -0.15) is 0 Å². The minimum absolute atomic E-state index is 0.0907. The average molecular weight is 250 g/mol. The molecular formula is C13H18N2O3. The number of rotatable bonds is 3. The van der Waals surface area contributed by atoms with Crippen molar-refractivity contribution in [3.8, 4) is 5.75 Å². The van der Waals surface area contributed by atoms with Crippen molar-refractivity contribution in [2.75, 3.05) is 26.8 Å². The van der Waals surface area contributed by atoms with Gasteiger partial charge in [0.05, 0.1) is 7.11 Å². The highest BCUT2D eigenvalue weighted by Crippen LogP contribution is 2.19. The highest BCUT2D eigenvalue weighted by atomic mass is 16.5. The average Bonchev–Trinajstić information content (AvgIpc) is 2.46. The number of pyridine rings is 1. The van der Waals surface area contributed by atoms with E-state index >= 15 is 0 Å². The van der Waals surface area contributed by atoms with Gasteiger partial charge in [0.25, 0.3) is 5.91 Å². The second-order valence-electron chi connectivity index (χ2n) is 4.52. The smallest absolute Gasteiger partial charge is 0.272 e. The van der Waals surface area contributed by atoms with Crippen molar-refractivity contribution in [3.05, 3.63) is 24.0 Å². The molecule has 0 spiro atoms. The van der Waals surface area contributed by atoms with Crippen molar-refractivity contribution in [2.24, 2.45) is 5.92 Å². The summed E-state index contributed by atoms with van der Waals surface area (Å²) in [4.78, 5) is 18.1. The largest absolute Gasteiger partial charge is 0.497 e. The van der Waals surface area contributed by atoms with E-state index in [-0.39, 0.29) is 18.4 Å². The van der Waals surface area contributed by atoms with Gasteiger partial charge in [-0.3, -0.25) is 9.78 Å². The highest BCUT2D eigenvalue weighted by Gasteiger charge is 2.24. The third-order valence-corrected chi connectivity index (χ3v) is 3.25. The fourth-order valence-electron chi connectivity index (χ4n) is 2.22. The molecule has 0 saturated carbocycles. The number of ether oxygens (including phenoxy) is 1. The van der Waals surface area contributed by atoms with Gasteiger partial charge >= 0.3 is 0 Å². The first-order valence-electron chi connectivity index (χ1n) is 6.14. The number of aliphatic hydroxyl groups is 1. The molecule has 1 atom stereocenters. The van der Waals surface area contributed by atoms with E-state index in [1.165, 1.54) is 0 Å². The van der Waals surface area contributed by atoms with Crippen LogP contribution in [0.1, 0.15) is 23.3 Å². The number of amides is 1. The Morgan fingerprint density at radius 1 is 1.67 bits per heavy atom. The SMILES string of the molecule is COc1ccnc(C(=O)N2CCCC(CO)C2)c1. The van der Waals surface area contributed by atoms with Crippen LogP contribution in [0.4, 0.5) is 0 Å². The molecule has 5 heteroatoms. The number of nitrogens with zero attached hydrogens (tertiary/aromatic N) is 2. The maximum absolute atomic E-state index is 12.3. The van der Waals surface area contributed by atoms with Gasteiger partial charge in [-0.15, -0.1) is 0 Å². The lowest BCUT2D eigenvalue weighted by Crippen LogP contribution is -2.41. The van der Waals surface area contributed by atoms with Crippen LogP contribution in [0.3, 0.4) is 0 Å². The number of carbonyl (C=O) groups excluding carboxylic acids is 1. The number of hydrogen-bond acceptors (Lipinski definition) is 4. The van der Waals surface area contributed by atoms with Crippen LogP contribution in [0.2, 0.25) is 0 Å². The summed E-state index contributed by atoms with van der Waals surface area (Å²) in [7, 11) is 1.56. The summed E-state index contributed by atoms with van der Waals surface area (Å²) in [6.07, 6.45) is 3.48. The Morgan fingerprint density at radius 2 is 2.50 bits per heavy atom. The lowest BCUT2D eigenvalue weighted by molar-refractivity contribution is 0.0614. The predicted octanol–water partition coefficient (Wildman–Crippen LogP) is 0.935. The quantitative estimate of drug-likeness (QED) is 0.867. The van der Waals surface area contributed by atoms with E-state index in [2.05, 4.69) is 4.98 Å². The molecule has 98 valence electrons. The van der Waals surface area contributed by atoms with Crippen LogP contribution >= 0.6 is 0 Å². The molecule has 1 unspecified atom stereocenters. The summed E-state index contributed by atoms with van der Waals surface area (Å²) in [6.45, 7) is 1.47. The van der Waals surface area contributed by atoms with Gasteiger partial charge in [-0.05, 0) is 24.8 Å². The van der Waals surface area contributed by atoms with Crippen molar-refractivity contribution < 1.29 is 14.6 Å². The number of methoxy groups -OCH3 is 1. The molecule has 0 radical (unpaired) electrons. The van der Waals surface area contributed by atoms with Gasteiger partial charge in [0.1, 0.15) is 11.4 Å². The summed E-state index contributed by atoms with van der Waals surface area (Å²) in [5.74, 6) is 0.726. The first-order valence-corrected chi connectivity index (χ1v) is 6.14. The van der Waals surface area contributed by atoms with Crippen LogP contribution in [0.5, 0.6) is 5.75 Å². The monoisotopic (exact) mass is 250 g/mol. The number of carbonyl (C=O) groups is 1. The van der Waals surface area contributed by atoms with Crippen LogP contribution in [-0.4, -0.2) is 47.7 Å². The maximum Gasteiger partial charge on any atom is 0.272 e. The molecule has 1 aromatic heterocycles. The zero-order valence-corrected chi connectivity index (χ0v) is 10.5. The van der Waals surface area contributed by atoms with E-state index in [0.717, 1.165) is 19.4 Å². The molecule has 0 bridgehead atoms. The van der Waals surface area contributed by atoms with Crippen LogP contribution in [0.15, 0.2) is 18.3 Å². The van der Waals surface area contributed by atoms with Gasteiger partial charge in [0.15, 0.2) is 0 Å². The summed E-state index contributed by atoms with van der Waals surface area (Å²) >= 11 is 0. The second kappa shape index (κ2) is 5.82. The zero-order valence-electron chi connectivity index (χ0n) is 10.5. The fraction of sp³-hybridized carbons (Fsp3) is 0.538. The Morgan fingerprint density at radius 3 is 3.22 bits per heavy atom. The molecule has 1 aliphatic heterocycles. The summed E-state index contributed by atoms with van der Waals surface area (Å²) in [5, 5.41) is 9.17. The Labute approximate surface area is 106 Å². The number of hydrogen-bond donors (Lipinski definition) is 1. The van der Waals surface area contributed by atoms with Crippen LogP contribution < -0.4 is 4.74 Å². The van der Waals surface area contributed by atoms with E-state index in [0.29, 0.717) is 18.0 Å². The zero-order chi connectivity index (χ0) is 13.0. The molecule has 18 heavy (non-hydrogen) atoms. The molecule has 1 aromatic rings. The van der Waals surface area contributed by atoms with Crippen LogP contribution in [0, 0.1) is 5.92 Å². The molecule has 1 aliphatic rings. The lowest BCUT2D eigenvalue weighted by Gasteiger charge is -2.31. The molecule has 2 heterocycles. The van der Waals surface area contributed by atoms with E-state index in [9.17, 15) is 4.79 Å². The molecule has 1 fully saturated rings. The maximum atomic E-state index is 12.3. The van der Waals surface area contributed by atoms with Crippen LogP contribution in [-0.2, 0) is 0 Å². The number of piperidine rings is 1. The van der Waals surface area contributed by atoms with E-state index in [4.69, 9.17) is 9.84 Å². The summed E-state index contributed by atoms with van der Waals surface area (Å²) in [5.41, 5.74) is 0.396. The first-order chi connectivity index (χ1) is 8.74. The number of aliphatic hydroxyl groups excluding tert-OH is 1.